The molecule has 88 valence electrons. The van der Waals surface area contributed by atoms with E-state index in [1.165, 1.54) is 37.7 Å². The van der Waals surface area contributed by atoms with Crippen LogP contribution in [0.15, 0.2) is 22.7 Å². The van der Waals surface area contributed by atoms with Crippen LogP contribution in [0.2, 0.25) is 0 Å². The molecule has 2 heteroatoms. The van der Waals surface area contributed by atoms with Crippen molar-refractivity contribution in [2.45, 2.75) is 44.9 Å². The van der Waals surface area contributed by atoms with Gasteiger partial charge in [0.2, 0.25) is 0 Å². The van der Waals surface area contributed by atoms with Crippen molar-refractivity contribution in [1.82, 2.24) is 0 Å². The van der Waals surface area contributed by atoms with Crippen molar-refractivity contribution in [2.75, 3.05) is 6.61 Å². The summed E-state index contributed by atoms with van der Waals surface area (Å²) in [5.74, 6) is 1.78. The first-order valence-corrected chi connectivity index (χ1v) is 7.03. The van der Waals surface area contributed by atoms with Crippen LogP contribution >= 0.6 is 15.9 Å². The Balaban J connectivity index is 2.24. The molecule has 1 aromatic carbocycles. The molecule has 1 fully saturated rings. The van der Waals surface area contributed by atoms with E-state index >= 15 is 0 Å². The first-order chi connectivity index (χ1) is 7.81. The maximum Gasteiger partial charge on any atom is 0.122 e. The summed E-state index contributed by atoms with van der Waals surface area (Å²) in [7, 11) is 0. The summed E-state index contributed by atoms with van der Waals surface area (Å²) in [4.78, 5) is 0. The molecule has 1 aliphatic rings. The largest absolute Gasteiger partial charge is 0.494 e. The van der Waals surface area contributed by atoms with Gasteiger partial charge in [0.25, 0.3) is 0 Å². The van der Waals surface area contributed by atoms with Crippen LogP contribution in [-0.2, 0) is 0 Å². The zero-order chi connectivity index (χ0) is 11.4. The Morgan fingerprint density at radius 3 is 2.69 bits per heavy atom. The zero-order valence-corrected chi connectivity index (χ0v) is 11.4. The lowest BCUT2D eigenvalue weighted by Gasteiger charge is -2.24. The highest BCUT2D eigenvalue weighted by Gasteiger charge is 2.19. The van der Waals surface area contributed by atoms with Gasteiger partial charge in [-0.15, -0.1) is 0 Å². The number of benzene rings is 1. The SMILES string of the molecule is CCOc1ccc(Br)cc1C1CCCCC1. The van der Waals surface area contributed by atoms with E-state index in [-0.39, 0.29) is 0 Å². The Morgan fingerprint density at radius 1 is 1.25 bits per heavy atom. The van der Waals surface area contributed by atoms with Crippen molar-refractivity contribution in [3.05, 3.63) is 28.2 Å². The van der Waals surface area contributed by atoms with Gasteiger partial charge in [0.15, 0.2) is 0 Å². The quantitative estimate of drug-likeness (QED) is 0.767. The van der Waals surface area contributed by atoms with Crippen LogP contribution in [0.5, 0.6) is 5.75 Å². The summed E-state index contributed by atoms with van der Waals surface area (Å²) in [6, 6.07) is 6.40. The van der Waals surface area contributed by atoms with Crippen LogP contribution in [0, 0.1) is 0 Å². The third kappa shape index (κ3) is 2.79. The van der Waals surface area contributed by atoms with Crippen LogP contribution < -0.4 is 4.74 Å². The van der Waals surface area contributed by atoms with Crippen molar-refractivity contribution >= 4 is 15.9 Å². The number of hydrogen-bond donors (Lipinski definition) is 0. The van der Waals surface area contributed by atoms with Gasteiger partial charge in [-0.3, -0.25) is 0 Å². The normalized spacial score (nSPS) is 17.4. The minimum atomic E-state index is 0.702. The topological polar surface area (TPSA) is 9.23 Å². The minimum absolute atomic E-state index is 0.702. The van der Waals surface area contributed by atoms with E-state index in [1.54, 1.807) is 0 Å². The predicted molar refractivity (Wildman–Crippen MR) is 71.1 cm³/mol. The average molecular weight is 283 g/mol. The summed E-state index contributed by atoms with van der Waals surface area (Å²) in [5, 5.41) is 0. The van der Waals surface area contributed by atoms with E-state index in [9.17, 15) is 0 Å². The molecule has 0 unspecified atom stereocenters. The molecule has 0 spiro atoms. The average Bonchev–Trinajstić information content (AvgIpc) is 2.33. The molecular weight excluding hydrogens is 264 g/mol. The fraction of sp³-hybridized carbons (Fsp3) is 0.571. The van der Waals surface area contributed by atoms with E-state index in [0.29, 0.717) is 5.92 Å². The van der Waals surface area contributed by atoms with Crippen molar-refractivity contribution in [1.29, 1.82) is 0 Å². The fourth-order valence-electron chi connectivity index (χ4n) is 2.54. The van der Waals surface area contributed by atoms with E-state index in [2.05, 4.69) is 34.1 Å². The number of ether oxygens (including phenoxy) is 1. The Morgan fingerprint density at radius 2 is 2.00 bits per heavy atom. The monoisotopic (exact) mass is 282 g/mol. The molecule has 1 aliphatic carbocycles. The highest BCUT2D eigenvalue weighted by atomic mass is 79.9. The molecule has 0 heterocycles. The van der Waals surface area contributed by atoms with Gasteiger partial charge >= 0.3 is 0 Å². The minimum Gasteiger partial charge on any atom is -0.494 e. The number of hydrogen-bond acceptors (Lipinski definition) is 1. The zero-order valence-electron chi connectivity index (χ0n) is 9.84. The van der Waals surface area contributed by atoms with Crippen LogP contribution in [0.1, 0.15) is 50.5 Å². The van der Waals surface area contributed by atoms with E-state index in [1.807, 2.05) is 6.92 Å². The standard InChI is InChI=1S/C14H19BrO/c1-2-16-14-9-8-12(15)10-13(14)11-6-4-3-5-7-11/h8-11H,2-7H2,1H3. The highest BCUT2D eigenvalue weighted by Crippen LogP contribution is 2.38. The molecule has 1 nitrogen and oxygen atoms in total. The lowest BCUT2D eigenvalue weighted by atomic mass is 9.84. The van der Waals surface area contributed by atoms with Gasteiger partial charge in [-0.25, -0.2) is 0 Å². The molecule has 0 atom stereocenters. The Hall–Kier alpha value is -0.500. The molecule has 0 bridgehead atoms. The van der Waals surface area contributed by atoms with Gasteiger partial charge in [-0.2, -0.15) is 0 Å². The second-order valence-electron chi connectivity index (χ2n) is 4.45. The number of halogens is 1. The maximum absolute atomic E-state index is 5.72. The third-order valence-electron chi connectivity index (χ3n) is 3.32. The second-order valence-corrected chi connectivity index (χ2v) is 5.37. The molecule has 1 saturated carbocycles. The molecule has 0 amide bonds. The van der Waals surface area contributed by atoms with Gasteiger partial charge in [0.05, 0.1) is 6.61 Å². The molecule has 1 aromatic rings. The molecule has 0 N–H and O–H groups in total. The van der Waals surface area contributed by atoms with Crippen molar-refractivity contribution in [3.8, 4) is 5.75 Å². The van der Waals surface area contributed by atoms with Crippen LogP contribution in [0.4, 0.5) is 0 Å². The highest BCUT2D eigenvalue weighted by molar-refractivity contribution is 9.10. The first-order valence-electron chi connectivity index (χ1n) is 6.23. The van der Waals surface area contributed by atoms with E-state index in [0.717, 1.165) is 16.8 Å². The van der Waals surface area contributed by atoms with Gasteiger partial charge in [0.1, 0.15) is 5.75 Å². The summed E-state index contributed by atoms with van der Waals surface area (Å²) >= 11 is 3.56. The molecule has 0 aromatic heterocycles. The third-order valence-corrected chi connectivity index (χ3v) is 3.81. The van der Waals surface area contributed by atoms with Crippen LogP contribution in [0.25, 0.3) is 0 Å². The Kier molecular flexibility index (Phi) is 4.28. The molecule has 0 aliphatic heterocycles. The van der Waals surface area contributed by atoms with Crippen LogP contribution in [0.3, 0.4) is 0 Å². The summed E-state index contributed by atoms with van der Waals surface area (Å²) in [6.07, 6.45) is 6.76. The van der Waals surface area contributed by atoms with Gasteiger partial charge in [-0.1, -0.05) is 35.2 Å². The predicted octanol–water partition coefficient (Wildman–Crippen LogP) is 4.90. The van der Waals surface area contributed by atoms with Gasteiger partial charge < -0.3 is 4.74 Å². The Labute approximate surface area is 106 Å². The lowest BCUT2D eigenvalue weighted by Crippen LogP contribution is -2.07. The smallest absolute Gasteiger partial charge is 0.122 e. The first kappa shape index (κ1) is 12.0. The molecule has 16 heavy (non-hydrogen) atoms. The lowest BCUT2D eigenvalue weighted by molar-refractivity contribution is 0.328. The van der Waals surface area contributed by atoms with Gasteiger partial charge in [-0.05, 0) is 49.4 Å². The fourth-order valence-corrected chi connectivity index (χ4v) is 2.92. The number of rotatable bonds is 3. The van der Waals surface area contributed by atoms with Crippen molar-refractivity contribution in [3.63, 3.8) is 0 Å². The Bertz CT molecular complexity index is 343. The van der Waals surface area contributed by atoms with Crippen molar-refractivity contribution in [2.24, 2.45) is 0 Å². The van der Waals surface area contributed by atoms with Gasteiger partial charge in [0, 0.05) is 4.47 Å². The molecule has 2 rings (SSSR count). The van der Waals surface area contributed by atoms with Crippen LogP contribution in [-0.4, -0.2) is 6.61 Å². The maximum atomic E-state index is 5.72. The van der Waals surface area contributed by atoms with Crippen molar-refractivity contribution < 1.29 is 4.74 Å². The van der Waals surface area contributed by atoms with E-state index in [4.69, 9.17) is 4.74 Å². The molecule has 0 radical (unpaired) electrons. The van der Waals surface area contributed by atoms with E-state index < -0.39 is 0 Å². The second kappa shape index (κ2) is 5.72. The molecule has 0 saturated heterocycles. The summed E-state index contributed by atoms with van der Waals surface area (Å²) < 4.78 is 6.89. The summed E-state index contributed by atoms with van der Waals surface area (Å²) in [5.41, 5.74) is 1.40. The molecular formula is C14H19BrO. The summed E-state index contributed by atoms with van der Waals surface area (Å²) in [6.45, 7) is 2.80.